The summed E-state index contributed by atoms with van der Waals surface area (Å²) in [6.45, 7) is 0. The van der Waals surface area contributed by atoms with Gasteiger partial charge in [-0.3, -0.25) is 0 Å². The molecular formula is C15H11F4NO. The zero-order valence-corrected chi connectivity index (χ0v) is 11.0. The SMILES string of the molecule is COc1ccc(N=C(c2ccc(F)cc2)C(F)(F)F)cc1. The highest BCUT2D eigenvalue weighted by molar-refractivity contribution is 6.05. The maximum Gasteiger partial charge on any atom is 0.433 e. The number of benzene rings is 2. The van der Waals surface area contributed by atoms with Crippen LogP contribution in [0.3, 0.4) is 0 Å². The van der Waals surface area contributed by atoms with Crippen LogP contribution >= 0.6 is 0 Å². The van der Waals surface area contributed by atoms with Gasteiger partial charge in [-0.05, 0) is 48.5 Å². The highest BCUT2D eigenvalue weighted by atomic mass is 19.4. The number of alkyl halides is 3. The summed E-state index contributed by atoms with van der Waals surface area (Å²) in [6.07, 6.45) is -4.64. The maximum atomic E-state index is 13.1. The quantitative estimate of drug-likeness (QED) is 0.603. The van der Waals surface area contributed by atoms with Gasteiger partial charge in [-0.2, -0.15) is 13.2 Å². The Labute approximate surface area is 118 Å². The lowest BCUT2D eigenvalue weighted by Crippen LogP contribution is -2.23. The third kappa shape index (κ3) is 3.81. The van der Waals surface area contributed by atoms with Crippen molar-refractivity contribution in [2.24, 2.45) is 4.99 Å². The molecule has 110 valence electrons. The van der Waals surface area contributed by atoms with Crippen molar-refractivity contribution in [1.29, 1.82) is 0 Å². The maximum absolute atomic E-state index is 13.1. The Balaban J connectivity index is 2.44. The monoisotopic (exact) mass is 297 g/mol. The third-order valence-electron chi connectivity index (χ3n) is 2.70. The second-order valence-electron chi connectivity index (χ2n) is 4.16. The summed E-state index contributed by atoms with van der Waals surface area (Å²) in [7, 11) is 1.46. The number of aliphatic imine (C=N–C) groups is 1. The molecule has 0 aliphatic carbocycles. The van der Waals surface area contributed by atoms with Gasteiger partial charge in [0.25, 0.3) is 0 Å². The van der Waals surface area contributed by atoms with Crippen LogP contribution in [0.4, 0.5) is 23.2 Å². The zero-order valence-electron chi connectivity index (χ0n) is 11.0. The fourth-order valence-electron chi connectivity index (χ4n) is 1.69. The summed E-state index contributed by atoms with van der Waals surface area (Å²) >= 11 is 0. The van der Waals surface area contributed by atoms with Crippen molar-refractivity contribution in [2.45, 2.75) is 6.18 Å². The Morgan fingerprint density at radius 2 is 1.52 bits per heavy atom. The predicted molar refractivity (Wildman–Crippen MR) is 71.6 cm³/mol. The summed E-state index contributed by atoms with van der Waals surface area (Å²) < 4.78 is 57.0. The Hall–Kier alpha value is -2.37. The first-order chi connectivity index (χ1) is 9.90. The first kappa shape index (κ1) is 15.0. The van der Waals surface area contributed by atoms with Gasteiger partial charge in [0.15, 0.2) is 5.71 Å². The van der Waals surface area contributed by atoms with Crippen LogP contribution < -0.4 is 4.74 Å². The largest absolute Gasteiger partial charge is 0.497 e. The van der Waals surface area contributed by atoms with E-state index < -0.39 is 17.7 Å². The molecule has 0 N–H and O–H groups in total. The summed E-state index contributed by atoms with van der Waals surface area (Å²) in [5.74, 6) is -0.0889. The second kappa shape index (κ2) is 5.95. The molecule has 0 fully saturated rings. The van der Waals surface area contributed by atoms with Crippen LogP contribution in [0.1, 0.15) is 5.56 Å². The lowest BCUT2D eigenvalue weighted by Gasteiger charge is -2.11. The predicted octanol–water partition coefficient (Wildman–Crippen LogP) is 4.52. The van der Waals surface area contributed by atoms with E-state index in [9.17, 15) is 17.6 Å². The Morgan fingerprint density at radius 3 is 2.00 bits per heavy atom. The molecule has 0 aromatic heterocycles. The topological polar surface area (TPSA) is 21.6 Å². The molecule has 0 heterocycles. The number of rotatable bonds is 3. The van der Waals surface area contributed by atoms with Crippen LogP contribution in [-0.4, -0.2) is 19.0 Å². The zero-order chi connectivity index (χ0) is 15.5. The lowest BCUT2D eigenvalue weighted by molar-refractivity contribution is -0.0579. The van der Waals surface area contributed by atoms with E-state index in [2.05, 4.69) is 4.99 Å². The summed E-state index contributed by atoms with van der Waals surface area (Å²) in [5, 5.41) is 0. The van der Waals surface area contributed by atoms with Gasteiger partial charge in [-0.25, -0.2) is 9.38 Å². The van der Waals surface area contributed by atoms with Crippen molar-refractivity contribution < 1.29 is 22.3 Å². The number of hydrogen-bond acceptors (Lipinski definition) is 2. The molecule has 2 rings (SSSR count). The van der Waals surface area contributed by atoms with E-state index in [1.54, 1.807) is 0 Å². The van der Waals surface area contributed by atoms with Crippen molar-refractivity contribution in [3.8, 4) is 5.75 Å². The van der Waals surface area contributed by atoms with Crippen molar-refractivity contribution in [3.05, 3.63) is 59.9 Å². The van der Waals surface area contributed by atoms with E-state index in [4.69, 9.17) is 4.74 Å². The highest BCUT2D eigenvalue weighted by Gasteiger charge is 2.36. The van der Waals surface area contributed by atoms with Crippen LogP contribution in [0.2, 0.25) is 0 Å². The van der Waals surface area contributed by atoms with Crippen LogP contribution in [0.5, 0.6) is 5.75 Å². The van der Waals surface area contributed by atoms with Gasteiger partial charge in [0.1, 0.15) is 11.6 Å². The highest BCUT2D eigenvalue weighted by Crippen LogP contribution is 2.27. The Kier molecular flexibility index (Phi) is 4.26. The van der Waals surface area contributed by atoms with E-state index in [1.165, 1.54) is 31.4 Å². The molecule has 0 atom stereocenters. The lowest BCUT2D eigenvalue weighted by atomic mass is 10.1. The summed E-state index contributed by atoms with van der Waals surface area (Å²) in [4.78, 5) is 3.62. The molecule has 0 bridgehead atoms. The fraction of sp³-hybridized carbons (Fsp3) is 0.133. The molecule has 0 aliphatic rings. The molecule has 0 unspecified atom stereocenters. The molecule has 6 heteroatoms. The van der Waals surface area contributed by atoms with Crippen LogP contribution in [0.25, 0.3) is 0 Å². The number of methoxy groups -OCH3 is 1. The van der Waals surface area contributed by atoms with Crippen LogP contribution in [0, 0.1) is 5.82 Å². The number of ether oxygens (including phenoxy) is 1. The van der Waals surface area contributed by atoms with Crippen molar-refractivity contribution in [1.82, 2.24) is 0 Å². The molecule has 0 saturated carbocycles. The number of nitrogens with zero attached hydrogens (tertiary/aromatic N) is 1. The minimum atomic E-state index is -4.64. The van der Waals surface area contributed by atoms with Gasteiger partial charge in [0.05, 0.1) is 12.8 Å². The van der Waals surface area contributed by atoms with Crippen molar-refractivity contribution in [3.63, 3.8) is 0 Å². The second-order valence-corrected chi connectivity index (χ2v) is 4.16. The smallest absolute Gasteiger partial charge is 0.433 e. The third-order valence-corrected chi connectivity index (χ3v) is 2.70. The standard InChI is InChI=1S/C15H11F4NO/c1-21-13-8-6-12(7-9-13)20-14(15(17,18)19)10-2-4-11(16)5-3-10/h2-9H,1H3. The van der Waals surface area contributed by atoms with Crippen LogP contribution in [-0.2, 0) is 0 Å². The molecular weight excluding hydrogens is 286 g/mol. The van der Waals surface area contributed by atoms with E-state index in [0.29, 0.717) is 5.75 Å². The van der Waals surface area contributed by atoms with Gasteiger partial charge >= 0.3 is 6.18 Å². The molecule has 2 aromatic carbocycles. The number of halogens is 4. The molecule has 0 spiro atoms. The van der Waals surface area contributed by atoms with E-state index in [0.717, 1.165) is 24.3 Å². The Bertz CT molecular complexity index is 630. The van der Waals surface area contributed by atoms with Crippen molar-refractivity contribution in [2.75, 3.05) is 7.11 Å². The van der Waals surface area contributed by atoms with Gasteiger partial charge < -0.3 is 4.74 Å². The fourth-order valence-corrected chi connectivity index (χ4v) is 1.69. The minimum absolute atomic E-state index is 0.132. The van der Waals surface area contributed by atoms with E-state index in [-0.39, 0.29) is 11.3 Å². The molecule has 2 nitrogen and oxygen atoms in total. The molecule has 0 radical (unpaired) electrons. The normalized spacial score (nSPS) is 12.3. The van der Waals surface area contributed by atoms with E-state index >= 15 is 0 Å². The average molecular weight is 297 g/mol. The molecule has 0 amide bonds. The summed E-state index contributed by atoms with van der Waals surface area (Å²) in [5.41, 5.74) is -1.14. The van der Waals surface area contributed by atoms with Crippen LogP contribution in [0.15, 0.2) is 53.5 Å². The van der Waals surface area contributed by atoms with Gasteiger partial charge in [-0.1, -0.05) is 0 Å². The summed E-state index contributed by atoms with van der Waals surface area (Å²) in [6, 6.07) is 9.86. The average Bonchev–Trinajstić information content (AvgIpc) is 2.45. The number of hydrogen-bond donors (Lipinski definition) is 0. The first-order valence-electron chi connectivity index (χ1n) is 5.96. The van der Waals surface area contributed by atoms with Gasteiger partial charge in [0.2, 0.25) is 0 Å². The molecule has 0 saturated heterocycles. The van der Waals surface area contributed by atoms with Gasteiger partial charge in [-0.15, -0.1) is 0 Å². The van der Waals surface area contributed by atoms with E-state index in [1.807, 2.05) is 0 Å². The van der Waals surface area contributed by atoms with Crippen molar-refractivity contribution >= 4 is 11.4 Å². The molecule has 2 aromatic rings. The minimum Gasteiger partial charge on any atom is -0.497 e. The molecule has 0 aliphatic heterocycles. The Morgan fingerprint density at radius 1 is 0.952 bits per heavy atom. The molecule has 21 heavy (non-hydrogen) atoms. The first-order valence-corrected chi connectivity index (χ1v) is 5.96. The van der Waals surface area contributed by atoms with Gasteiger partial charge in [0, 0.05) is 5.56 Å².